The Morgan fingerprint density at radius 2 is 1.80 bits per heavy atom. The van der Waals surface area contributed by atoms with Crippen molar-refractivity contribution >= 4 is 23.5 Å². The molecule has 0 spiro atoms. The number of ketones is 2. The third kappa shape index (κ3) is 5.68. The summed E-state index contributed by atoms with van der Waals surface area (Å²) in [6.07, 6.45) is 5.84. The van der Waals surface area contributed by atoms with Gasteiger partial charge in [0.1, 0.15) is 0 Å². The fourth-order valence-corrected chi connectivity index (χ4v) is 8.79. The molecule has 4 aliphatic carbocycles. The second kappa shape index (κ2) is 13.1. The molecule has 246 valence electrons. The Hall–Kier alpha value is -2.51. The van der Waals surface area contributed by atoms with Crippen LogP contribution in [0, 0.1) is 28.6 Å². The predicted molar refractivity (Wildman–Crippen MR) is 152 cm³/mol. The second-order valence-corrected chi connectivity index (χ2v) is 13.3. The predicted octanol–water partition coefficient (Wildman–Crippen LogP) is 4.37. The van der Waals surface area contributed by atoms with Crippen LogP contribution in [-0.2, 0) is 33.5 Å². The van der Waals surface area contributed by atoms with Crippen LogP contribution >= 0.6 is 0 Å². The van der Waals surface area contributed by atoms with Gasteiger partial charge in [0.05, 0.1) is 18.1 Å². The first-order valence-electron chi connectivity index (χ1n) is 15.7. The van der Waals surface area contributed by atoms with Crippen molar-refractivity contribution in [3.63, 3.8) is 0 Å². The number of aliphatic hydroxyl groups is 1. The summed E-state index contributed by atoms with van der Waals surface area (Å²) in [5.74, 6) is -3.70. The Kier molecular flexibility index (Phi) is 10.2. The van der Waals surface area contributed by atoms with Crippen molar-refractivity contribution in [2.75, 3.05) is 13.2 Å². The van der Waals surface area contributed by atoms with Crippen LogP contribution in [0.1, 0.15) is 91.9 Å². The molecule has 3 fully saturated rings. The summed E-state index contributed by atoms with van der Waals surface area (Å²) < 4.78 is 29.1. The number of carbonyl (C=O) groups excluding carboxylic acids is 4. The maximum absolute atomic E-state index is 17.6. The van der Waals surface area contributed by atoms with E-state index in [1.165, 1.54) is 12.2 Å². The summed E-state index contributed by atoms with van der Waals surface area (Å²) >= 11 is 0. The summed E-state index contributed by atoms with van der Waals surface area (Å²) in [4.78, 5) is 56.5. The molecule has 0 aliphatic heterocycles. The van der Waals surface area contributed by atoms with E-state index < -0.39 is 75.7 Å². The highest BCUT2D eigenvalue weighted by molar-refractivity contribution is 6.01. The molecule has 8 atom stereocenters. The smallest absolute Gasteiger partial charge is 0.306 e. The number of aliphatic hydroxyl groups excluding tert-OH is 1. The molecular weight excluding hydrogens is 577 g/mol. The number of Topliss-reactive ketones (excluding diaryl/α,β-unsaturated/α-hetero) is 1. The van der Waals surface area contributed by atoms with E-state index in [1.807, 2.05) is 6.92 Å². The maximum Gasteiger partial charge on any atom is 0.306 e. The van der Waals surface area contributed by atoms with Crippen LogP contribution in [0.2, 0.25) is 0 Å². The topological polar surface area (TPSA) is 160 Å². The van der Waals surface area contributed by atoms with Crippen molar-refractivity contribution in [3.8, 4) is 0 Å². The molecule has 4 rings (SSSR count). The monoisotopic (exact) mass is 623 g/mol. The summed E-state index contributed by atoms with van der Waals surface area (Å²) in [7, 11) is 0. The molecule has 44 heavy (non-hydrogen) atoms. The Balaban J connectivity index is 1.62. The minimum Gasteiger partial charge on any atom is -0.457 e. The molecule has 0 amide bonds. The van der Waals surface area contributed by atoms with Gasteiger partial charge < -0.3 is 14.6 Å². The van der Waals surface area contributed by atoms with Crippen LogP contribution < -0.4 is 0 Å². The molecular formula is C32H46FNO10. The lowest BCUT2D eigenvalue weighted by Gasteiger charge is -2.62. The van der Waals surface area contributed by atoms with E-state index >= 15 is 4.39 Å². The molecule has 0 saturated heterocycles. The van der Waals surface area contributed by atoms with E-state index in [1.54, 1.807) is 26.8 Å². The van der Waals surface area contributed by atoms with E-state index in [9.17, 15) is 24.3 Å². The fraction of sp³-hybridized carbons (Fsp3) is 0.750. The molecule has 0 aromatic rings. The number of ether oxygens (including phenoxy) is 2. The van der Waals surface area contributed by atoms with E-state index in [0.29, 0.717) is 44.1 Å². The molecule has 0 radical (unpaired) electrons. The molecule has 0 heterocycles. The number of hydrogen-bond donors (Lipinski definition) is 3. The van der Waals surface area contributed by atoms with E-state index in [4.69, 9.17) is 19.9 Å². The molecule has 11 nitrogen and oxygen atoms in total. The number of esters is 2. The summed E-state index contributed by atoms with van der Waals surface area (Å²) in [5.41, 5.74) is -5.56. The normalized spacial score (nSPS) is 37.6. The van der Waals surface area contributed by atoms with Gasteiger partial charge in [-0.15, -0.1) is 0 Å². The van der Waals surface area contributed by atoms with Gasteiger partial charge in [-0.1, -0.05) is 38.8 Å². The molecule has 4 aliphatic rings. The zero-order valence-electron chi connectivity index (χ0n) is 26.1. The van der Waals surface area contributed by atoms with Crippen molar-refractivity contribution in [2.45, 2.75) is 109 Å². The van der Waals surface area contributed by atoms with E-state index in [0.717, 1.165) is 6.42 Å². The number of hydrogen-bond acceptors (Lipinski definition) is 11. The number of nitrogens with zero attached hydrogens (tertiary/aromatic N) is 1. The van der Waals surface area contributed by atoms with Crippen LogP contribution in [0.15, 0.2) is 23.8 Å². The number of halogens is 1. The zero-order valence-corrected chi connectivity index (χ0v) is 26.1. The highest BCUT2D eigenvalue weighted by atomic mass is 19.1. The maximum atomic E-state index is 17.6. The first-order chi connectivity index (χ1) is 20.7. The Bertz CT molecular complexity index is 1200. The second-order valence-electron chi connectivity index (χ2n) is 13.3. The lowest BCUT2D eigenvalue weighted by molar-refractivity contribution is -0.492. The molecule has 0 bridgehead atoms. The van der Waals surface area contributed by atoms with Gasteiger partial charge in [-0.2, -0.15) is 0 Å². The lowest BCUT2D eigenvalue weighted by Crippen LogP contribution is -2.70. The Morgan fingerprint density at radius 1 is 1.09 bits per heavy atom. The molecule has 3 N–H and O–H groups in total. The van der Waals surface area contributed by atoms with Crippen LogP contribution in [-0.4, -0.2) is 75.0 Å². The molecule has 0 aromatic carbocycles. The van der Waals surface area contributed by atoms with Crippen molar-refractivity contribution < 1.29 is 53.4 Å². The first kappa shape index (κ1) is 34.4. The SMILES string of the molecule is CCCCC(=O)O[C@]1(C(=O)COC(=O)CCCCON(O)O)[C@@H](C)C[C@H]2C3CCC4=CC(=O)C=C[C@]4(C)[C@@]3(F)[C@@H](O)C[C@@]21C. The van der Waals surface area contributed by atoms with Gasteiger partial charge in [-0.3, -0.25) is 34.4 Å². The summed E-state index contributed by atoms with van der Waals surface area (Å²) in [5, 5.41) is 28.5. The largest absolute Gasteiger partial charge is 0.457 e. The minimum absolute atomic E-state index is 0.0464. The molecule has 3 saturated carbocycles. The van der Waals surface area contributed by atoms with Gasteiger partial charge in [0.25, 0.3) is 0 Å². The van der Waals surface area contributed by atoms with Gasteiger partial charge >= 0.3 is 11.9 Å². The number of alkyl halides is 1. The van der Waals surface area contributed by atoms with Gasteiger partial charge in [-0.25, -0.2) is 4.39 Å². The summed E-state index contributed by atoms with van der Waals surface area (Å²) in [6, 6.07) is 0. The third-order valence-corrected chi connectivity index (χ3v) is 11.0. The Labute approximate surface area is 257 Å². The van der Waals surface area contributed by atoms with Crippen molar-refractivity contribution in [2.24, 2.45) is 28.6 Å². The number of unbranched alkanes of at least 4 members (excludes halogenated alkanes) is 2. The first-order valence-corrected chi connectivity index (χ1v) is 15.7. The number of fused-ring (bicyclic) bond motifs is 5. The van der Waals surface area contributed by atoms with Crippen molar-refractivity contribution in [3.05, 3.63) is 23.8 Å². The quantitative estimate of drug-likeness (QED) is 0.152. The van der Waals surface area contributed by atoms with Crippen LogP contribution in [0.25, 0.3) is 0 Å². The third-order valence-electron chi connectivity index (χ3n) is 11.0. The van der Waals surface area contributed by atoms with E-state index in [-0.39, 0.29) is 31.7 Å². The minimum atomic E-state index is -2.11. The number of rotatable bonds is 13. The fourth-order valence-electron chi connectivity index (χ4n) is 8.79. The van der Waals surface area contributed by atoms with Gasteiger partial charge in [0.15, 0.2) is 23.7 Å². The average Bonchev–Trinajstić information content (AvgIpc) is 3.17. The lowest BCUT2D eigenvalue weighted by atomic mass is 9.44. The van der Waals surface area contributed by atoms with E-state index in [2.05, 4.69) is 4.84 Å². The summed E-state index contributed by atoms with van der Waals surface area (Å²) in [6.45, 7) is 6.53. The standard InChI is InChI=1S/C32H46FNO10/c1-5-6-9-28(39)44-32(26(37)19-42-27(38)10-7-8-15-43-34(40)41)20(2)16-24-23-12-11-21-17-22(35)13-14-29(21,3)31(23,33)25(36)18-30(24,32)4/h13-14,17,20,23-25,36,40-41H,5-12,15-16,18-19H2,1-4H3/t20-,23?,24-,25-,29-,30-,31-,32-/m0/s1. The van der Waals surface area contributed by atoms with Crippen LogP contribution in [0.3, 0.4) is 0 Å². The average molecular weight is 624 g/mol. The van der Waals surface area contributed by atoms with Gasteiger partial charge in [-0.05, 0) is 69.9 Å². The van der Waals surface area contributed by atoms with Crippen molar-refractivity contribution in [1.82, 2.24) is 5.39 Å². The van der Waals surface area contributed by atoms with Gasteiger partial charge in [0.2, 0.25) is 5.78 Å². The van der Waals surface area contributed by atoms with Crippen molar-refractivity contribution in [1.29, 1.82) is 0 Å². The zero-order chi connectivity index (χ0) is 32.5. The number of allylic oxidation sites excluding steroid dienone is 4. The molecule has 12 heteroatoms. The van der Waals surface area contributed by atoms with Crippen LogP contribution in [0.5, 0.6) is 0 Å². The molecule has 0 aromatic heterocycles. The Morgan fingerprint density at radius 3 is 2.48 bits per heavy atom. The highest BCUT2D eigenvalue weighted by Crippen LogP contribution is 2.71. The highest BCUT2D eigenvalue weighted by Gasteiger charge is 2.77. The molecule has 1 unspecified atom stereocenters. The number of carbonyl (C=O) groups is 4. The van der Waals surface area contributed by atoms with Crippen LogP contribution in [0.4, 0.5) is 4.39 Å². The van der Waals surface area contributed by atoms with Gasteiger partial charge in [0, 0.05) is 35.5 Å².